The Labute approximate surface area is 128 Å². The minimum Gasteiger partial charge on any atom is -0.353 e. The van der Waals surface area contributed by atoms with Gasteiger partial charge >= 0.3 is 0 Å². The number of amides is 1. The molecule has 0 radical (unpaired) electrons. The van der Waals surface area contributed by atoms with E-state index in [-0.39, 0.29) is 11.9 Å². The fourth-order valence-corrected chi connectivity index (χ4v) is 2.52. The normalized spacial score (nSPS) is 11.3. The molecule has 0 aliphatic rings. The summed E-state index contributed by atoms with van der Waals surface area (Å²) in [7, 11) is 0. The van der Waals surface area contributed by atoms with Crippen molar-refractivity contribution in [1.29, 1.82) is 0 Å². The summed E-state index contributed by atoms with van der Waals surface area (Å²) in [6.07, 6.45) is 0. The summed E-state index contributed by atoms with van der Waals surface area (Å²) in [6.45, 7) is 7.42. The molecule has 0 bridgehead atoms. The van der Waals surface area contributed by atoms with Crippen LogP contribution in [-0.4, -0.2) is 40.1 Å². The molecule has 0 aliphatic heterocycles. The molecule has 0 saturated heterocycles. The topological polar surface area (TPSA) is 71.3 Å². The van der Waals surface area contributed by atoms with Crippen molar-refractivity contribution in [3.63, 3.8) is 0 Å². The van der Waals surface area contributed by atoms with Crippen LogP contribution in [0.3, 0.4) is 0 Å². The molecule has 0 spiro atoms. The molecule has 21 heavy (non-hydrogen) atoms. The Hall–Kier alpha value is -1.73. The van der Waals surface area contributed by atoms with Crippen LogP contribution in [0.25, 0.3) is 10.7 Å². The van der Waals surface area contributed by atoms with Crippen LogP contribution in [0, 0.1) is 0 Å². The van der Waals surface area contributed by atoms with Gasteiger partial charge in [-0.25, -0.2) is 0 Å². The number of carbonyl (C=O) groups is 1. The third kappa shape index (κ3) is 4.64. The molecule has 2 heterocycles. The van der Waals surface area contributed by atoms with Gasteiger partial charge in [0.1, 0.15) is 0 Å². The van der Waals surface area contributed by atoms with Crippen molar-refractivity contribution < 1.29 is 9.32 Å². The lowest BCUT2D eigenvalue weighted by atomic mass is 10.3. The number of thiophene rings is 1. The predicted molar refractivity (Wildman–Crippen MR) is 81.8 cm³/mol. The van der Waals surface area contributed by atoms with Crippen LogP contribution in [0.15, 0.2) is 22.0 Å². The first kappa shape index (κ1) is 15.7. The summed E-state index contributed by atoms with van der Waals surface area (Å²) in [6, 6.07) is 4.04. The molecular weight excluding hydrogens is 288 g/mol. The molecule has 1 amide bonds. The summed E-state index contributed by atoms with van der Waals surface area (Å²) in [5.74, 6) is 1.13. The van der Waals surface area contributed by atoms with Gasteiger partial charge in [0.2, 0.25) is 17.6 Å². The van der Waals surface area contributed by atoms with Gasteiger partial charge in [0, 0.05) is 6.04 Å². The van der Waals surface area contributed by atoms with Crippen LogP contribution >= 0.6 is 11.3 Å². The first-order valence-corrected chi connectivity index (χ1v) is 7.84. The Morgan fingerprint density at radius 3 is 2.95 bits per heavy atom. The van der Waals surface area contributed by atoms with Crippen molar-refractivity contribution in [2.45, 2.75) is 33.4 Å². The number of nitrogens with one attached hydrogen (secondary N) is 1. The van der Waals surface area contributed by atoms with Crippen molar-refractivity contribution in [2.24, 2.45) is 0 Å². The number of likely N-dealkylation sites (N-methyl/N-ethyl adjacent to an activating group) is 1. The largest absolute Gasteiger partial charge is 0.353 e. The second-order valence-electron chi connectivity index (χ2n) is 5.01. The second-order valence-corrected chi connectivity index (χ2v) is 5.96. The quantitative estimate of drug-likeness (QED) is 0.848. The van der Waals surface area contributed by atoms with Crippen molar-refractivity contribution in [3.05, 3.63) is 23.4 Å². The van der Waals surface area contributed by atoms with E-state index in [1.165, 1.54) is 0 Å². The SMILES string of the molecule is CCN(CC(=O)NC(C)C)Cc1nc(-c2cccs2)no1. The van der Waals surface area contributed by atoms with Crippen molar-refractivity contribution >= 4 is 17.2 Å². The Balaban J connectivity index is 1.94. The molecule has 0 aromatic carbocycles. The highest BCUT2D eigenvalue weighted by molar-refractivity contribution is 7.13. The molecule has 0 atom stereocenters. The van der Waals surface area contributed by atoms with Gasteiger partial charge in [-0.05, 0) is 31.8 Å². The summed E-state index contributed by atoms with van der Waals surface area (Å²) in [5, 5.41) is 8.82. The molecule has 0 fully saturated rings. The highest BCUT2D eigenvalue weighted by Gasteiger charge is 2.15. The van der Waals surface area contributed by atoms with E-state index in [1.54, 1.807) is 11.3 Å². The van der Waals surface area contributed by atoms with Crippen LogP contribution in [0.4, 0.5) is 0 Å². The van der Waals surface area contributed by atoms with E-state index >= 15 is 0 Å². The van der Waals surface area contributed by atoms with Crippen molar-refractivity contribution in [2.75, 3.05) is 13.1 Å². The Morgan fingerprint density at radius 1 is 1.52 bits per heavy atom. The monoisotopic (exact) mass is 308 g/mol. The van der Waals surface area contributed by atoms with E-state index in [9.17, 15) is 4.79 Å². The van der Waals surface area contributed by atoms with Gasteiger partial charge in [-0.2, -0.15) is 4.98 Å². The summed E-state index contributed by atoms with van der Waals surface area (Å²) >= 11 is 1.57. The molecule has 2 rings (SSSR count). The van der Waals surface area contributed by atoms with E-state index in [0.717, 1.165) is 11.4 Å². The van der Waals surface area contributed by atoms with Gasteiger partial charge in [-0.1, -0.05) is 18.1 Å². The number of nitrogens with zero attached hydrogens (tertiary/aromatic N) is 3. The Bertz CT molecular complexity index is 565. The third-order valence-electron chi connectivity index (χ3n) is 2.83. The molecule has 0 saturated carbocycles. The minimum absolute atomic E-state index is 0.00449. The average molecular weight is 308 g/mol. The number of rotatable bonds is 7. The number of hydrogen-bond acceptors (Lipinski definition) is 6. The van der Waals surface area contributed by atoms with Gasteiger partial charge in [-0.3, -0.25) is 9.69 Å². The van der Waals surface area contributed by atoms with E-state index in [4.69, 9.17) is 4.52 Å². The van der Waals surface area contributed by atoms with Crippen LogP contribution in [-0.2, 0) is 11.3 Å². The number of aromatic nitrogens is 2. The van der Waals surface area contributed by atoms with Crippen LogP contribution in [0.2, 0.25) is 0 Å². The maximum atomic E-state index is 11.8. The van der Waals surface area contributed by atoms with Crippen molar-refractivity contribution in [1.82, 2.24) is 20.4 Å². The van der Waals surface area contributed by atoms with Crippen LogP contribution in [0.5, 0.6) is 0 Å². The van der Waals surface area contributed by atoms with E-state index in [1.807, 2.05) is 43.2 Å². The van der Waals surface area contributed by atoms with Crippen LogP contribution in [0.1, 0.15) is 26.7 Å². The molecule has 2 aromatic heterocycles. The first-order valence-electron chi connectivity index (χ1n) is 6.96. The summed E-state index contributed by atoms with van der Waals surface area (Å²) < 4.78 is 5.26. The Kier molecular flexibility index (Phi) is 5.46. The minimum atomic E-state index is 0.00449. The van der Waals surface area contributed by atoms with E-state index < -0.39 is 0 Å². The maximum Gasteiger partial charge on any atom is 0.241 e. The maximum absolute atomic E-state index is 11.8. The molecule has 0 unspecified atom stereocenters. The molecular formula is C14H20N4O2S. The Morgan fingerprint density at radius 2 is 2.33 bits per heavy atom. The highest BCUT2D eigenvalue weighted by atomic mass is 32.1. The molecule has 1 N–H and O–H groups in total. The lowest BCUT2D eigenvalue weighted by Gasteiger charge is -2.18. The van der Waals surface area contributed by atoms with Gasteiger partial charge in [-0.15, -0.1) is 11.3 Å². The third-order valence-corrected chi connectivity index (χ3v) is 3.70. The van der Waals surface area contributed by atoms with Crippen molar-refractivity contribution in [3.8, 4) is 10.7 Å². The fourth-order valence-electron chi connectivity index (χ4n) is 1.87. The molecule has 114 valence electrons. The zero-order valence-electron chi connectivity index (χ0n) is 12.5. The highest BCUT2D eigenvalue weighted by Crippen LogP contribution is 2.21. The molecule has 6 nitrogen and oxygen atoms in total. The lowest BCUT2D eigenvalue weighted by Crippen LogP contribution is -2.39. The molecule has 7 heteroatoms. The van der Waals surface area contributed by atoms with Crippen LogP contribution < -0.4 is 5.32 Å². The molecule has 0 aliphatic carbocycles. The first-order chi connectivity index (χ1) is 10.1. The zero-order chi connectivity index (χ0) is 15.2. The second kappa shape index (κ2) is 7.33. The van der Waals surface area contributed by atoms with Gasteiger partial charge in [0.25, 0.3) is 0 Å². The summed E-state index contributed by atoms with van der Waals surface area (Å²) in [4.78, 5) is 19.1. The van der Waals surface area contributed by atoms with Gasteiger partial charge < -0.3 is 9.84 Å². The number of carbonyl (C=O) groups excluding carboxylic acids is 1. The summed E-state index contributed by atoms with van der Waals surface area (Å²) in [5.41, 5.74) is 0. The zero-order valence-corrected chi connectivity index (χ0v) is 13.3. The molecule has 2 aromatic rings. The average Bonchev–Trinajstić information content (AvgIpc) is 3.07. The van der Waals surface area contributed by atoms with E-state index in [0.29, 0.717) is 24.8 Å². The smallest absolute Gasteiger partial charge is 0.241 e. The van der Waals surface area contributed by atoms with Gasteiger partial charge in [0.15, 0.2) is 0 Å². The predicted octanol–water partition coefficient (Wildman–Crippen LogP) is 2.14. The lowest BCUT2D eigenvalue weighted by molar-refractivity contribution is -0.122. The van der Waals surface area contributed by atoms with E-state index in [2.05, 4.69) is 15.5 Å². The standard InChI is InChI=1S/C14H20N4O2S/c1-4-18(8-12(19)15-10(2)3)9-13-16-14(17-20-13)11-6-5-7-21-11/h5-7,10H,4,8-9H2,1-3H3,(H,15,19). The van der Waals surface area contributed by atoms with Gasteiger partial charge in [0.05, 0.1) is 18.0 Å². The fraction of sp³-hybridized carbons (Fsp3) is 0.500. The number of hydrogen-bond donors (Lipinski definition) is 1.